The van der Waals surface area contributed by atoms with Gasteiger partial charge in [0.05, 0.1) is 0 Å². The summed E-state index contributed by atoms with van der Waals surface area (Å²) < 4.78 is 13.4. The lowest BCUT2D eigenvalue weighted by molar-refractivity contribution is 0.0936. The molecule has 2 aliphatic rings. The van der Waals surface area contributed by atoms with Gasteiger partial charge in [0.2, 0.25) is 0 Å². The first-order chi connectivity index (χ1) is 14.1. The smallest absolute Gasteiger partial charge is 0.321 e. The summed E-state index contributed by atoms with van der Waals surface area (Å²) in [6, 6.07) is 13.7. The molecule has 2 N–H and O–H groups in total. The molecule has 0 spiro atoms. The molecule has 2 aromatic rings. The lowest BCUT2D eigenvalue weighted by atomic mass is 9.69. The van der Waals surface area contributed by atoms with Crippen molar-refractivity contribution < 1.29 is 14.0 Å². The summed E-state index contributed by atoms with van der Waals surface area (Å²) >= 11 is 0. The van der Waals surface area contributed by atoms with E-state index in [-0.39, 0.29) is 23.2 Å². The van der Waals surface area contributed by atoms with E-state index in [1.165, 1.54) is 18.6 Å². The van der Waals surface area contributed by atoms with Crippen molar-refractivity contribution in [1.29, 1.82) is 0 Å². The second-order valence-corrected chi connectivity index (χ2v) is 7.96. The molecule has 29 heavy (non-hydrogen) atoms. The fraction of sp³-hybridized carbons (Fsp3) is 0.391. The van der Waals surface area contributed by atoms with Crippen LogP contribution in [-0.4, -0.2) is 31.6 Å². The van der Waals surface area contributed by atoms with Gasteiger partial charge in [0.15, 0.2) is 0 Å². The molecule has 152 valence electrons. The quantitative estimate of drug-likeness (QED) is 0.804. The molecular weight excluding hydrogens is 369 g/mol. The topological polar surface area (TPSA) is 61.4 Å². The van der Waals surface area contributed by atoms with Crippen LogP contribution < -0.4 is 15.5 Å². The third-order valence-corrected chi connectivity index (χ3v) is 6.13. The Hall–Kier alpha value is -2.89. The van der Waals surface area contributed by atoms with Crippen LogP contribution in [0.15, 0.2) is 48.5 Å². The monoisotopic (exact) mass is 395 g/mol. The highest BCUT2D eigenvalue weighted by molar-refractivity contribution is 5.98. The first kappa shape index (κ1) is 19.4. The molecule has 0 atom stereocenters. The van der Waals surface area contributed by atoms with Gasteiger partial charge in [-0.3, -0.25) is 9.69 Å². The average molecular weight is 395 g/mol. The van der Waals surface area contributed by atoms with Gasteiger partial charge >= 0.3 is 6.03 Å². The van der Waals surface area contributed by atoms with Gasteiger partial charge in [-0.2, -0.15) is 0 Å². The second-order valence-electron chi connectivity index (χ2n) is 7.96. The molecule has 1 saturated heterocycles. The third kappa shape index (κ3) is 4.11. The normalized spacial score (nSPS) is 18.4. The zero-order valence-corrected chi connectivity index (χ0v) is 16.4. The second kappa shape index (κ2) is 8.23. The zero-order valence-electron chi connectivity index (χ0n) is 16.4. The highest BCUT2D eigenvalue weighted by Crippen LogP contribution is 2.39. The maximum Gasteiger partial charge on any atom is 0.321 e. The molecule has 0 bridgehead atoms. The highest BCUT2D eigenvalue weighted by Gasteiger charge is 2.34. The molecule has 6 heteroatoms. The number of urea groups is 1. The van der Waals surface area contributed by atoms with Crippen LogP contribution in [0.3, 0.4) is 0 Å². The van der Waals surface area contributed by atoms with E-state index in [4.69, 9.17) is 0 Å². The molecule has 4 rings (SSSR count). The Kier molecular flexibility index (Phi) is 5.51. The minimum Gasteiger partial charge on any atom is -0.351 e. The van der Waals surface area contributed by atoms with Gasteiger partial charge in [0.25, 0.3) is 5.91 Å². The van der Waals surface area contributed by atoms with Crippen molar-refractivity contribution in [3.8, 4) is 0 Å². The van der Waals surface area contributed by atoms with Gasteiger partial charge in [-0.05, 0) is 48.7 Å². The van der Waals surface area contributed by atoms with Crippen molar-refractivity contribution in [2.24, 2.45) is 0 Å². The number of benzene rings is 2. The Morgan fingerprint density at radius 2 is 1.86 bits per heavy atom. The Morgan fingerprint density at radius 1 is 1.10 bits per heavy atom. The first-order valence-electron chi connectivity index (χ1n) is 10.3. The van der Waals surface area contributed by atoms with Gasteiger partial charge in [0, 0.05) is 36.3 Å². The van der Waals surface area contributed by atoms with Crippen LogP contribution in [0.25, 0.3) is 0 Å². The lowest BCUT2D eigenvalue weighted by Crippen LogP contribution is -2.42. The minimum absolute atomic E-state index is 0.139. The number of amides is 3. The summed E-state index contributed by atoms with van der Waals surface area (Å²) in [6.45, 7) is 1.72. The molecule has 3 amide bonds. The molecular formula is C23H26FN3O2. The number of anilines is 1. The SMILES string of the molecule is O=C(NCC1(c2ccc(F)cc2)CCCCC1)c1cccc(N2CCNC2=O)c1. The van der Waals surface area contributed by atoms with Crippen LogP contribution in [0, 0.1) is 5.82 Å². The molecule has 0 radical (unpaired) electrons. The number of nitrogens with zero attached hydrogens (tertiary/aromatic N) is 1. The number of carbonyl (C=O) groups is 2. The Labute approximate surface area is 170 Å². The van der Waals surface area contributed by atoms with E-state index in [1.807, 2.05) is 18.2 Å². The number of hydrogen-bond acceptors (Lipinski definition) is 2. The number of rotatable bonds is 5. The van der Waals surface area contributed by atoms with Crippen LogP contribution in [0.1, 0.15) is 48.0 Å². The van der Waals surface area contributed by atoms with Crippen molar-refractivity contribution >= 4 is 17.6 Å². The molecule has 5 nitrogen and oxygen atoms in total. The zero-order chi connectivity index (χ0) is 20.3. The summed E-state index contributed by atoms with van der Waals surface area (Å²) in [6.07, 6.45) is 5.36. The predicted molar refractivity (Wildman–Crippen MR) is 111 cm³/mol. The molecule has 0 unspecified atom stereocenters. The number of carbonyl (C=O) groups excluding carboxylic acids is 2. The van der Waals surface area contributed by atoms with Crippen molar-refractivity contribution in [3.05, 3.63) is 65.5 Å². The van der Waals surface area contributed by atoms with E-state index in [2.05, 4.69) is 10.6 Å². The average Bonchev–Trinajstić information content (AvgIpc) is 3.19. The number of halogens is 1. The Morgan fingerprint density at radius 3 is 2.55 bits per heavy atom. The summed E-state index contributed by atoms with van der Waals surface area (Å²) in [5.41, 5.74) is 2.18. The van der Waals surface area contributed by atoms with Crippen LogP contribution in [-0.2, 0) is 5.41 Å². The Balaban J connectivity index is 1.50. The molecule has 0 aromatic heterocycles. The summed E-state index contributed by atoms with van der Waals surface area (Å²) in [7, 11) is 0. The first-order valence-corrected chi connectivity index (χ1v) is 10.3. The van der Waals surface area contributed by atoms with E-state index in [0.717, 1.165) is 36.9 Å². The van der Waals surface area contributed by atoms with Crippen molar-refractivity contribution in [3.63, 3.8) is 0 Å². The summed E-state index contributed by atoms with van der Waals surface area (Å²) in [5.74, 6) is -0.398. The largest absolute Gasteiger partial charge is 0.351 e. The van der Waals surface area contributed by atoms with Gasteiger partial charge in [-0.25, -0.2) is 9.18 Å². The molecule has 1 saturated carbocycles. The maximum absolute atomic E-state index is 13.4. The molecule has 1 heterocycles. The van der Waals surface area contributed by atoms with E-state index in [0.29, 0.717) is 25.2 Å². The minimum atomic E-state index is -0.244. The van der Waals surface area contributed by atoms with Crippen LogP contribution in [0.4, 0.5) is 14.9 Å². The van der Waals surface area contributed by atoms with Crippen LogP contribution in [0.2, 0.25) is 0 Å². The molecule has 1 aliphatic carbocycles. The van der Waals surface area contributed by atoms with Gasteiger partial charge in [0.1, 0.15) is 5.82 Å². The number of hydrogen-bond donors (Lipinski definition) is 2. The van der Waals surface area contributed by atoms with Crippen LogP contribution >= 0.6 is 0 Å². The van der Waals surface area contributed by atoms with Gasteiger partial charge in [-0.15, -0.1) is 0 Å². The molecule has 2 aromatic carbocycles. The van der Waals surface area contributed by atoms with Gasteiger partial charge < -0.3 is 10.6 Å². The predicted octanol–water partition coefficient (Wildman–Crippen LogP) is 3.99. The summed E-state index contributed by atoms with van der Waals surface area (Å²) in [4.78, 5) is 26.4. The van der Waals surface area contributed by atoms with Crippen LogP contribution in [0.5, 0.6) is 0 Å². The summed E-state index contributed by atoms with van der Waals surface area (Å²) in [5, 5.41) is 5.87. The van der Waals surface area contributed by atoms with E-state index >= 15 is 0 Å². The highest BCUT2D eigenvalue weighted by atomic mass is 19.1. The van der Waals surface area contributed by atoms with Gasteiger partial charge in [-0.1, -0.05) is 37.5 Å². The standard InChI is InChI=1S/C23H26FN3O2/c24-19-9-7-18(8-10-19)23(11-2-1-3-12-23)16-26-21(28)17-5-4-6-20(15-17)27-14-13-25-22(27)29/h4-10,15H,1-3,11-14,16H2,(H,25,29)(H,26,28). The van der Waals surface area contributed by atoms with E-state index < -0.39 is 0 Å². The van der Waals surface area contributed by atoms with Crippen molar-refractivity contribution in [2.75, 3.05) is 24.5 Å². The third-order valence-electron chi connectivity index (χ3n) is 6.13. The van der Waals surface area contributed by atoms with E-state index in [1.54, 1.807) is 23.1 Å². The number of nitrogens with one attached hydrogen (secondary N) is 2. The lowest BCUT2D eigenvalue weighted by Gasteiger charge is -2.38. The molecule has 2 fully saturated rings. The fourth-order valence-corrected chi connectivity index (χ4v) is 4.48. The maximum atomic E-state index is 13.4. The Bertz CT molecular complexity index is 891. The van der Waals surface area contributed by atoms with Crippen molar-refractivity contribution in [1.82, 2.24) is 10.6 Å². The van der Waals surface area contributed by atoms with Crippen molar-refractivity contribution in [2.45, 2.75) is 37.5 Å². The molecule has 1 aliphatic heterocycles. The fourth-order valence-electron chi connectivity index (χ4n) is 4.48. The van der Waals surface area contributed by atoms with E-state index in [9.17, 15) is 14.0 Å².